The predicted octanol–water partition coefficient (Wildman–Crippen LogP) is 1.66. The van der Waals surface area contributed by atoms with Crippen LogP contribution >= 0.6 is 0 Å². The molecular formula is C10H18O3. The second-order valence-corrected chi connectivity index (χ2v) is 2.88. The summed E-state index contributed by atoms with van der Waals surface area (Å²) in [7, 11) is 0. The van der Waals surface area contributed by atoms with Gasteiger partial charge in [0.25, 0.3) is 0 Å². The van der Waals surface area contributed by atoms with E-state index in [0.717, 1.165) is 0 Å². The molecule has 0 aliphatic rings. The third kappa shape index (κ3) is 7.53. The molecule has 3 heteroatoms. The van der Waals surface area contributed by atoms with Crippen molar-refractivity contribution in [3.63, 3.8) is 0 Å². The van der Waals surface area contributed by atoms with Gasteiger partial charge in [0, 0.05) is 6.42 Å². The van der Waals surface area contributed by atoms with Crippen LogP contribution in [0.2, 0.25) is 0 Å². The van der Waals surface area contributed by atoms with Crippen LogP contribution in [0, 0.1) is 0 Å². The van der Waals surface area contributed by atoms with E-state index in [-0.39, 0.29) is 12.1 Å². The molecular weight excluding hydrogens is 168 g/mol. The van der Waals surface area contributed by atoms with Gasteiger partial charge in [-0.25, -0.2) is 0 Å². The van der Waals surface area contributed by atoms with Gasteiger partial charge < -0.3 is 9.84 Å². The summed E-state index contributed by atoms with van der Waals surface area (Å²) < 4.78 is 4.74. The lowest BCUT2D eigenvalue weighted by molar-refractivity contribution is -0.143. The predicted molar refractivity (Wildman–Crippen MR) is 51.3 cm³/mol. The normalized spacial score (nSPS) is 12.2. The molecule has 0 unspecified atom stereocenters. The van der Waals surface area contributed by atoms with Crippen LogP contribution in [0.4, 0.5) is 0 Å². The van der Waals surface area contributed by atoms with Crippen LogP contribution in [0.15, 0.2) is 12.7 Å². The number of rotatable bonds is 7. The maximum absolute atomic E-state index is 10.9. The lowest BCUT2D eigenvalue weighted by Crippen LogP contribution is -2.08. The van der Waals surface area contributed by atoms with Crippen molar-refractivity contribution in [2.45, 2.75) is 38.7 Å². The molecule has 0 heterocycles. The monoisotopic (exact) mass is 186 g/mol. The van der Waals surface area contributed by atoms with Gasteiger partial charge >= 0.3 is 5.97 Å². The number of carbonyl (C=O) groups is 1. The van der Waals surface area contributed by atoms with Crippen molar-refractivity contribution in [1.29, 1.82) is 0 Å². The third-order valence-electron chi connectivity index (χ3n) is 1.66. The number of esters is 1. The fourth-order valence-electron chi connectivity index (χ4n) is 1.03. The Morgan fingerprint density at radius 1 is 1.69 bits per heavy atom. The molecule has 0 saturated carbocycles. The number of aliphatic hydroxyl groups excluding tert-OH is 1. The molecule has 0 rings (SSSR count). The van der Waals surface area contributed by atoms with Crippen LogP contribution in [-0.2, 0) is 9.53 Å². The largest absolute Gasteiger partial charge is 0.466 e. The number of hydrogen-bond acceptors (Lipinski definition) is 3. The fraction of sp³-hybridized carbons (Fsp3) is 0.700. The van der Waals surface area contributed by atoms with Gasteiger partial charge in [0.2, 0.25) is 0 Å². The van der Waals surface area contributed by atoms with Crippen LogP contribution in [0.3, 0.4) is 0 Å². The third-order valence-corrected chi connectivity index (χ3v) is 1.66. The Morgan fingerprint density at radius 2 is 2.38 bits per heavy atom. The Kier molecular flexibility index (Phi) is 7.30. The fourth-order valence-corrected chi connectivity index (χ4v) is 1.03. The maximum atomic E-state index is 10.9. The Labute approximate surface area is 79.4 Å². The SMILES string of the molecule is C=CC[C@@H](O)CCCC(=O)OCC. The van der Waals surface area contributed by atoms with Crippen molar-refractivity contribution in [1.82, 2.24) is 0 Å². The van der Waals surface area contributed by atoms with Gasteiger partial charge in [-0.05, 0) is 26.2 Å². The average molecular weight is 186 g/mol. The smallest absolute Gasteiger partial charge is 0.305 e. The van der Waals surface area contributed by atoms with E-state index in [1.165, 1.54) is 0 Å². The molecule has 0 bridgehead atoms. The summed E-state index contributed by atoms with van der Waals surface area (Å²) in [6.45, 7) is 5.73. The van der Waals surface area contributed by atoms with Gasteiger partial charge in [0.05, 0.1) is 12.7 Å². The zero-order chi connectivity index (χ0) is 10.1. The van der Waals surface area contributed by atoms with Crippen LogP contribution < -0.4 is 0 Å². The highest BCUT2D eigenvalue weighted by atomic mass is 16.5. The van der Waals surface area contributed by atoms with Gasteiger partial charge in [0.15, 0.2) is 0 Å². The molecule has 0 aromatic carbocycles. The van der Waals surface area contributed by atoms with Crippen LogP contribution in [0.25, 0.3) is 0 Å². The Balaban J connectivity index is 3.33. The minimum Gasteiger partial charge on any atom is -0.466 e. The van der Waals surface area contributed by atoms with Crippen molar-refractivity contribution in [2.24, 2.45) is 0 Å². The summed E-state index contributed by atoms with van der Waals surface area (Å²) in [4.78, 5) is 10.9. The second-order valence-electron chi connectivity index (χ2n) is 2.88. The number of ether oxygens (including phenoxy) is 1. The summed E-state index contributed by atoms with van der Waals surface area (Å²) >= 11 is 0. The molecule has 0 amide bonds. The Hall–Kier alpha value is -0.830. The van der Waals surface area contributed by atoms with Crippen LogP contribution in [0.5, 0.6) is 0 Å². The zero-order valence-corrected chi connectivity index (χ0v) is 8.16. The zero-order valence-electron chi connectivity index (χ0n) is 8.16. The minimum absolute atomic E-state index is 0.187. The molecule has 0 aliphatic heterocycles. The van der Waals surface area contributed by atoms with E-state index in [1.807, 2.05) is 0 Å². The van der Waals surface area contributed by atoms with E-state index >= 15 is 0 Å². The lowest BCUT2D eigenvalue weighted by Gasteiger charge is -2.06. The quantitative estimate of drug-likeness (QED) is 0.486. The molecule has 0 radical (unpaired) electrons. The van der Waals surface area contributed by atoms with Crippen molar-refractivity contribution in [2.75, 3.05) is 6.61 Å². The average Bonchev–Trinajstić information content (AvgIpc) is 2.05. The molecule has 0 aromatic rings. The van der Waals surface area contributed by atoms with E-state index in [0.29, 0.717) is 32.3 Å². The maximum Gasteiger partial charge on any atom is 0.305 e. The van der Waals surface area contributed by atoms with Crippen LogP contribution in [-0.4, -0.2) is 23.8 Å². The number of carbonyl (C=O) groups excluding carboxylic acids is 1. The summed E-state index contributed by atoms with van der Waals surface area (Å²) in [5.74, 6) is -0.187. The van der Waals surface area contributed by atoms with E-state index in [9.17, 15) is 9.90 Å². The highest BCUT2D eigenvalue weighted by molar-refractivity contribution is 5.69. The highest BCUT2D eigenvalue weighted by Gasteiger charge is 2.05. The molecule has 1 N–H and O–H groups in total. The number of aliphatic hydroxyl groups is 1. The first-order chi connectivity index (χ1) is 6.20. The summed E-state index contributed by atoms with van der Waals surface area (Å²) in [6, 6.07) is 0. The summed E-state index contributed by atoms with van der Waals surface area (Å²) in [5, 5.41) is 9.27. The van der Waals surface area contributed by atoms with E-state index in [4.69, 9.17) is 4.74 Å². The van der Waals surface area contributed by atoms with Crippen LogP contribution in [0.1, 0.15) is 32.6 Å². The second kappa shape index (κ2) is 7.80. The van der Waals surface area contributed by atoms with Gasteiger partial charge in [-0.3, -0.25) is 4.79 Å². The van der Waals surface area contributed by atoms with Gasteiger partial charge in [0.1, 0.15) is 0 Å². The molecule has 0 spiro atoms. The topological polar surface area (TPSA) is 46.5 Å². The first kappa shape index (κ1) is 12.2. The molecule has 3 nitrogen and oxygen atoms in total. The summed E-state index contributed by atoms with van der Waals surface area (Å²) in [6.07, 6.45) is 3.59. The van der Waals surface area contributed by atoms with Crippen molar-refractivity contribution in [3.05, 3.63) is 12.7 Å². The first-order valence-electron chi connectivity index (χ1n) is 4.65. The molecule has 13 heavy (non-hydrogen) atoms. The van der Waals surface area contributed by atoms with Gasteiger partial charge in [-0.15, -0.1) is 6.58 Å². The first-order valence-corrected chi connectivity index (χ1v) is 4.65. The van der Waals surface area contributed by atoms with Crippen molar-refractivity contribution in [3.8, 4) is 0 Å². The summed E-state index contributed by atoms with van der Waals surface area (Å²) in [5.41, 5.74) is 0. The van der Waals surface area contributed by atoms with E-state index in [2.05, 4.69) is 6.58 Å². The molecule has 76 valence electrons. The minimum atomic E-state index is -0.369. The highest BCUT2D eigenvalue weighted by Crippen LogP contribution is 2.05. The standard InChI is InChI=1S/C10H18O3/c1-3-6-9(11)7-5-8-10(12)13-4-2/h3,9,11H,1,4-8H2,2H3/t9-/m1/s1. The lowest BCUT2D eigenvalue weighted by atomic mass is 10.1. The molecule has 0 fully saturated rings. The Morgan fingerprint density at radius 3 is 2.92 bits per heavy atom. The van der Waals surface area contributed by atoms with Crippen molar-refractivity contribution >= 4 is 5.97 Å². The molecule has 1 atom stereocenters. The molecule has 0 aromatic heterocycles. The van der Waals surface area contributed by atoms with E-state index in [1.54, 1.807) is 13.0 Å². The molecule has 0 saturated heterocycles. The van der Waals surface area contributed by atoms with Gasteiger partial charge in [-0.1, -0.05) is 6.08 Å². The van der Waals surface area contributed by atoms with E-state index < -0.39 is 0 Å². The van der Waals surface area contributed by atoms with Crippen molar-refractivity contribution < 1.29 is 14.6 Å². The number of hydrogen-bond donors (Lipinski definition) is 1. The molecule has 0 aliphatic carbocycles. The van der Waals surface area contributed by atoms with Gasteiger partial charge in [-0.2, -0.15) is 0 Å². The Bertz CT molecular complexity index is 154.